The number of carboxylic acid groups (broad SMARTS) is 1. The normalized spacial score (nSPS) is 18.6. The number of carboxylic acids is 1. The van der Waals surface area contributed by atoms with Crippen LogP contribution in [0, 0.1) is 0 Å². The lowest BCUT2D eigenvalue weighted by Crippen LogP contribution is -2.47. The van der Waals surface area contributed by atoms with E-state index in [-0.39, 0.29) is 6.03 Å². The Balaban J connectivity index is 2.30. The van der Waals surface area contributed by atoms with Crippen LogP contribution in [0.3, 0.4) is 0 Å². The van der Waals surface area contributed by atoms with Gasteiger partial charge in [0, 0.05) is 18.0 Å². The predicted octanol–water partition coefficient (Wildman–Crippen LogP) is 1.46. The Morgan fingerprint density at radius 3 is 3.06 bits per heavy atom. The number of aliphatic carboxylic acids is 1. The molecule has 5 nitrogen and oxygen atoms in total. The fourth-order valence-electron chi connectivity index (χ4n) is 2.05. The number of thiophene rings is 1. The lowest BCUT2D eigenvalue weighted by molar-refractivity contribution is -0.142. The number of amides is 2. The lowest BCUT2D eigenvalue weighted by Gasteiger charge is -2.32. The van der Waals surface area contributed by atoms with Gasteiger partial charge in [-0.15, -0.1) is 11.3 Å². The Hall–Kier alpha value is -1.56. The number of nitrogens with zero attached hydrogens (tertiary/aromatic N) is 1. The summed E-state index contributed by atoms with van der Waals surface area (Å²) >= 11 is 1.55. The predicted molar refractivity (Wildman–Crippen MR) is 64.2 cm³/mol. The highest BCUT2D eigenvalue weighted by molar-refractivity contribution is 7.10. The summed E-state index contributed by atoms with van der Waals surface area (Å²) in [6, 6.07) is 0.637. The molecule has 1 aromatic heterocycles. The van der Waals surface area contributed by atoms with E-state index in [0.717, 1.165) is 16.9 Å². The quantitative estimate of drug-likeness (QED) is 0.839. The van der Waals surface area contributed by atoms with Crippen LogP contribution in [-0.2, 0) is 11.2 Å². The van der Waals surface area contributed by atoms with Crippen molar-refractivity contribution in [2.45, 2.75) is 19.4 Å². The van der Waals surface area contributed by atoms with Crippen LogP contribution >= 0.6 is 11.3 Å². The molecule has 1 aliphatic rings. The van der Waals surface area contributed by atoms with Gasteiger partial charge in [-0.05, 0) is 30.4 Å². The highest BCUT2D eigenvalue weighted by Gasteiger charge is 2.36. The summed E-state index contributed by atoms with van der Waals surface area (Å²) in [5.74, 6) is -0.976. The van der Waals surface area contributed by atoms with E-state index >= 15 is 0 Å². The van der Waals surface area contributed by atoms with E-state index in [1.165, 1.54) is 4.90 Å². The van der Waals surface area contributed by atoms with Gasteiger partial charge in [0.1, 0.15) is 0 Å². The van der Waals surface area contributed by atoms with E-state index < -0.39 is 12.0 Å². The minimum Gasteiger partial charge on any atom is -0.479 e. The van der Waals surface area contributed by atoms with Crippen molar-refractivity contribution in [3.05, 3.63) is 21.9 Å². The van der Waals surface area contributed by atoms with E-state index in [1.54, 1.807) is 17.4 Å². The summed E-state index contributed by atoms with van der Waals surface area (Å²) in [7, 11) is 0. The highest BCUT2D eigenvalue weighted by Crippen LogP contribution is 2.33. The number of carbonyl (C=O) groups is 2. The molecule has 92 valence electrons. The van der Waals surface area contributed by atoms with E-state index in [4.69, 9.17) is 0 Å². The maximum Gasteiger partial charge on any atom is 0.331 e. The molecule has 0 aliphatic carbocycles. The molecule has 2 heterocycles. The Bertz CT molecular complexity index is 444. The van der Waals surface area contributed by atoms with E-state index in [9.17, 15) is 14.7 Å². The van der Waals surface area contributed by atoms with Crippen molar-refractivity contribution >= 4 is 23.3 Å². The highest BCUT2D eigenvalue weighted by atomic mass is 32.1. The molecule has 0 bridgehead atoms. The molecule has 1 unspecified atom stereocenters. The molecule has 0 saturated carbocycles. The number of urea groups is 1. The van der Waals surface area contributed by atoms with Gasteiger partial charge in [0.05, 0.1) is 0 Å². The first-order valence-corrected chi connectivity index (χ1v) is 6.36. The van der Waals surface area contributed by atoms with Crippen LogP contribution in [0.1, 0.15) is 23.4 Å². The molecule has 2 N–H and O–H groups in total. The average molecular weight is 254 g/mol. The Morgan fingerprint density at radius 1 is 1.65 bits per heavy atom. The van der Waals surface area contributed by atoms with E-state index in [1.807, 2.05) is 12.3 Å². The molecule has 1 aliphatic heterocycles. The zero-order valence-corrected chi connectivity index (χ0v) is 10.3. The molecule has 17 heavy (non-hydrogen) atoms. The second-order valence-corrected chi connectivity index (χ2v) is 4.82. The number of rotatable bonds is 2. The topological polar surface area (TPSA) is 69.6 Å². The molecule has 0 radical (unpaired) electrons. The van der Waals surface area contributed by atoms with Crippen LogP contribution in [-0.4, -0.2) is 35.1 Å². The lowest BCUT2D eigenvalue weighted by atomic mass is 10.0. The van der Waals surface area contributed by atoms with E-state index in [2.05, 4.69) is 5.32 Å². The Morgan fingerprint density at radius 2 is 2.41 bits per heavy atom. The molecule has 2 rings (SSSR count). The van der Waals surface area contributed by atoms with Crippen molar-refractivity contribution in [3.63, 3.8) is 0 Å². The number of hydrogen-bond acceptors (Lipinski definition) is 3. The molecule has 0 spiro atoms. The second kappa shape index (κ2) is 4.75. The molecule has 6 heteroatoms. The minimum atomic E-state index is -0.976. The fourth-order valence-corrected chi connectivity index (χ4v) is 2.96. The number of nitrogens with one attached hydrogen (secondary N) is 1. The molecular weight excluding hydrogens is 240 g/mol. The first-order valence-electron chi connectivity index (χ1n) is 5.48. The molecule has 1 aromatic rings. The largest absolute Gasteiger partial charge is 0.479 e. The van der Waals surface area contributed by atoms with Gasteiger partial charge >= 0.3 is 12.0 Å². The first-order chi connectivity index (χ1) is 8.15. The van der Waals surface area contributed by atoms with Gasteiger partial charge in [0.25, 0.3) is 0 Å². The molecule has 0 aromatic carbocycles. The average Bonchev–Trinajstić information content (AvgIpc) is 2.75. The van der Waals surface area contributed by atoms with E-state index in [0.29, 0.717) is 13.1 Å². The number of carbonyl (C=O) groups excluding carboxylic acids is 1. The zero-order chi connectivity index (χ0) is 12.4. The summed E-state index contributed by atoms with van der Waals surface area (Å²) < 4.78 is 0. The van der Waals surface area contributed by atoms with Gasteiger partial charge in [-0.3, -0.25) is 0 Å². The van der Waals surface area contributed by atoms with Crippen LogP contribution in [0.4, 0.5) is 4.79 Å². The molecule has 1 atom stereocenters. The summed E-state index contributed by atoms with van der Waals surface area (Å²) in [4.78, 5) is 25.6. The van der Waals surface area contributed by atoms with Crippen molar-refractivity contribution < 1.29 is 14.7 Å². The van der Waals surface area contributed by atoms with Gasteiger partial charge in [-0.1, -0.05) is 0 Å². The smallest absolute Gasteiger partial charge is 0.331 e. The van der Waals surface area contributed by atoms with Crippen LogP contribution in [0.15, 0.2) is 11.4 Å². The standard InChI is InChI=1S/C11H14N2O3S/c1-2-12-11(16)13-5-3-8-7(4-6-17-8)9(13)10(14)15/h4,6,9H,2-3,5H2,1H3,(H,12,16)(H,14,15). The zero-order valence-electron chi connectivity index (χ0n) is 9.47. The third kappa shape index (κ3) is 2.12. The van der Waals surface area contributed by atoms with Crippen LogP contribution < -0.4 is 5.32 Å². The Kier molecular flexibility index (Phi) is 3.33. The third-order valence-electron chi connectivity index (χ3n) is 2.79. The van der Waals surface area contributed by atoms with Crippen molar-refractivity contribution in [1.29, 1.82) is 0 Å². The van der Waals surface area contributed by atoms with Gasteiger partial charge in [-0.2, -0.15) is 0 Å². The molecule has 2 amide bonds. The summed E-state index contributed by atoms with van der Waals surface area (Å²) in [5.41, 5.74) is 0.750. The number of fused-ring (bicyclic) bond motifs is 1. The first kappa shape index (κ1) is 11.9. The maximum absolute atomic E-state index is 11.8. The van der Waals surface area contributed by atoms with Crippen LogP contribution in [0.25, 0.3) is 0 Å². The summed E-state index contributed by atoms with van der Waals surface area (Å²) in [5, 5.41) is 13.8. The molecular formula is C11H14N2O3S. The maximum atomic E-state index is 11.8. The van der Waals surface area contributed by atoms with Gasteiger partial charge in [0.2, 0.25) is 0 Å². The SMILES string of the molecule is CCNC(=O)N1CCc2sccc2C1C(=O)O. The minimum absolute atomic E-state index is 0.309. The van der Waals surface area contributed by atoms with Crippen molar-refractivity contribution in [1.82, 2.24) is 10.2 Å². The second-order valence-electron chi connectivity index (χ2n) is 3.82. The van der Waals surface area contributed by atoms with Gasteiger partial charge in [0.15, 0.2) is 6.04 Å². The monoisotopic (exact) mass is 254 g/mol. The summed E-state index contributed by atoms with van der Waals surface area (Å²) in [6.07, 6.45) is 0.730. The summed E-state index contributed by atoms with van der Waals surface area (Å²) in [6.45, 7) is 2.77. The molecule has 0 fully saturated rings. The number of hydrogen-bond donors (Lipinski definition) is 2. The van der Waals surface area contributed by atoms with Crippen molar-refractivity contribution in [3.8, 4) is 0 Å². The van der Waals surface area contributed by atoms with Gasteiger partial charge < -0.3 is 15.3 Å². The third-order valence-corrected chi connectivity index (χ3v) is 3.79. The van der Waals surface area contributed by atoms with Crippen molar-refractivity contribution in [2.75, 3.05) is 13.1 Å². The van der Waals surface area contributed by atoms with Crippen LogP contribution in [0.5, 0.6) is 0 Å². The van der Waals surface area contributed by atoms with Crippen molar-refractivity contribution in [2.24, 2.45) is 0 Å². The van der Waals surface area contributed by atoms with Gasteiger partial charge in [-0.25, -0.2) is 9.59 Å². The molecule has 0 saturated heterocycles. The fraction of sp³-hybridized carbons (Fsp3) is 0.455. The Labute approximate surface area is 103 Å². The van der Waals surface area contributed by atoms with Crippen LogP contribution in [0.2, 0.25) is 0 Å².